The third-order valence-corrected chi connectivity index (χ3v) is 3.68. The van der Waals surface area contributed by atoms with Crippen molar-refractivity contribution in [3.63, 3.8) is 0 Å². The number of hydrogen-bond donors (Lipinski definition) is 1. The van der Waals surface area contributed by atoms with Gasteiger partial charge in [0.15, 0.2) is 0 Å². The zero-order valence-electron chi connectivity index (χ0n) is 10.3. The summed E-state index contributed by atoms with van der Waals surface area (Å²) in [6, 6.07) is 10.1. The molecule has 1 aromatic carbocycles. The Morgan fingerprint density at radius 1 is 1.22 bits per heavy atom. The van der Waals surface area contributed by atoms with Gasteiger partial charge in [0.1, 0.15) is 0 Å². The van der Waals surface area contributed by atoms with Gasteiger partial charge in [-0.3, -0.25) is 4.98 Å². The molecule has 0 aliphatic rings. The molecule has 94 valence electrons. The SMILES string of the molecule is CCN(Cc1ccncc1)c1ccc(N)cc1I. The van der Waals surface area contributed by atoms with Crippen molar-refractivity contribution in [3.8, 4) is 0 Å². The highest BCUT2D eigenvalue weighted by Crippen LogP contribution is 2.25. The quantitative estimate of drug-likeness (QED) is 0.678. The van der Waals surface area contributed by atoms with Crippen LogP contribution in [-0.2, 0) is 6.54 Å². The van der Waals surface area contributed by atoms with Crippen molar-refractivity contribution in [1.29, 1.82) is 0 Å². The van der Waals surface area contributed by atoms with Gasteiger partial charge in [0.2, 0.25) is 0 Å². The van der Waals surface area contributed by atoms with Gasteiger partial charge in [-0.2, -0.15) is 0 Å². The summed E-state index contributed by atoms with van der Waals surface area (Å²) in [4.78, 5) is 6.37. The lowest BCUT2D eigenvalue weighted by Gasteiger charge is -2.24. The third-order valence-electron chi connectivity index (χ3n) is 2.82. The van der Waals surface area contributed by atoms with Crippen LogP contribution in [0, 0.1) is 3.57 Å². The molecule has 0 fully saturated rings. The highest BCUT2D eigenvalue weighted by atomic mass is 127. The van der Waals surface area contributed by atoms with Gasteiger partial charge in [-0.1, -0.05) is 0 Å². The molecule has 0 saturated heterocycles. The van der Waals surface area contributed by atoms with Gasteiger partial charge in [-0.25, -0.2) is 0 Å². The van der Waals surface area contributed by atoms with Gasteiger partial charge in [0, 0.05) is 34.7 Å². The Balaban J connectivity index is 2.23. The van der Waals surface area contributed by atoms with Gasteiger partial charge in [0.25, 0.3) is 0 Å². The van der Waals surface area contributed by atoms with E-state index in [4.69, 9.17) is 5.73 Å². The number of pyridine rings is 1. The summed E-state index contributed by atoms with van der Waals surface area (Å²) in [6.07, 6.45) is 3.66. The maximum atomic E-state index is 5.79. The van der Waals surface area contributed by atoms with Gasteiger partial charge >= 0.3 is 0 Å². The zero-order chi connectivity index (χ0) is 13.0. The molecule has 0 bridgehead atoms. The Labute approximate surface area is 121 Å². The minimum absolute atomic E-state index is 0.808. The summed E-state index contributed by atoms with van der Waals surface area (Å²) in [7, 11) is 0. The van der Waals surface area contributed by atoms with Crippen LogP contribution in [0.3, 0.4) is 0 Å². The number of anilines is 2. The van der Waals surface area contributed by atoms with Crippen LogP contribution >= 0.6 is 22.6 Å². The van der Waals surface area contributed by atoms with E-state index < -0.39 is 0 Å². The summed E-state index contributed by atoms with van der Waals surface area (Å²) in [6.45, 7) is 4.01. The van der Waals surface area contributed by atoms with Crippen molar-refractivity contribution in [2.24, 2.45) is 0 Å². The number of nitrogens with two attached hydrogens (primary N) is 1. The lowest BCUT2D eigenvalue weighted by Crippen LogP contribution is -2.22. The first-order valence-electron chi connectivity index (χ1n) is 5.89. The second-order valence-electron chi connectivity index (χ2n) is 4.08. The van der Waals surface area contributed by atoms with Crippen LogP contribution in [0.4, 0.5) is 11.4 Å². The van der Waals surface area contributed by atoms with Crippen LogP contribution < -0.4 is 10.6 Å². The molecule has 0 spiro atoms. The van der Waals surface area contributed by atoms with E-state index in [1.807, 2.05) is 36.7 Å². The lowest BCUT2D eigenvalue weighted by molar-refractivity contribution is 0.828. The first-order valence-corrected chi connectivity index (χ1v) is 6.97. The Morgan fingerprint density at radius 2 is 1.94 bits per heavy atom. The van der Waals surface area contributed by atoms with Crippen molar-refractivity contribution in [3.05, 3.63) is 51.9 Å². The number of nitrogens with zero attached hydrogens (tertiary/aromatic N) is 2. The smallest absolute Gasteiger partial charge is 0.0506 e. The molecule has 2 rings (SSSR count). The molecule has 1 heterocycles. The van der Waals surface area contributed by atoms with E-state index in [1.165, 1.54) is 14.8 Å². The Bertz CT molecular complexity index is 514. The molecule has 3 nitrogen and oxygen atoms in total. The van der Waals surface area contributed by atoms with Crippen LogP contribution in [0.2, 0.25) is 0 Å². The molecule has 1 aromatic heterocycles. The maximum Gasteiger partial charge on any atom is 0.0506 e. The first kappa shape index (κ1) is 13.1. The third kappa shape index (κ3) is 3.13. The van der Waals surface area contributed by atoms with Gasteiger partial charge in [-0.15, -0.1) is 0 Å². The van der Waals surface area contributed by atoms with Crippen molar-refractivity contribution >= 4 is 34.0 Å². The molecule has 0 radical (unpaired) electrons. The van der Waals surface area contributed by atoms with Crippen LogP contribution in [0.5, 0.6) is 0 Å². The normalized spacial score (nSPS) is 10.3. The fourth-order valence-electron chi connectivity index (χ4n) is 1.86. The lowest BCUT2D eigenvalue weighted by atomic mass is 10.2. The zero-order valence-corrected chi connectivity index (χ0v) is 12.5. The molecule has 0 atom stereocenters. The molecule has 2 N–H and O–H groups in total. The summed E-state index contributed by atoms with van der Waals surface area (Å²) in [5.41, 5.74) is 9.09. The topological polar surface area (TPSA) is 42.2 Å². The predicted molar refractivity (Wildman–Crippen MR) is 84.5 cm³/mol. The molecule has 0 aliphatic heterocycles. The largest absolute Gasteiger partial charge is 0.399 e. The first-order chi connectivity index (χ1) is 8.70. The highest BCUT2D eigenvalue weighted by Gasteiger charge is 2.09. The molecule has 18 heavy (non-hydrogen) atoms. The number of rotatable bonds is 4. The average molecular weight is 353 g/mol. The van der Waals surface area contributed by atoms with Gasteiger partial charge in [-0.05, 0) is 65.4 Å². The molecule has 0 amide bonds. The van der Waals surface area contributed by atoms with Crippen LogP contribution in [0.15, 0.2) is 42.7 Å². The molecule has 0 unspecified atom stereocenters. The van der Waals surface area contributed by atoms with E-state index in [0.717, 1.165) is 18.8 Å². The highest BCUT2D eigenvalue weighted by molar-refractivity contribution is 14.1. The van der Waals surface area contributed by atoms with E-state index in [1.54, 1.807) is 0 Å². The molecule has 0 saturated carbocycles. The van der Waals surface area contributed by atoms with Crippen molar-refractivity contribution in [2.75, 3.05) is 17.2 Å². The fourth-order valence-corrected chi connectivity index (χ4v) is 2.74. The average Bonchev–Trinajstić information content (AvgIpc) is 2.38. The summed E-state index contributed by atoms with van der Waals surface area (Å²) in [5.74, 6) is 0. The van der Waals surface area contributed by atoms with E-state index in [0.29, 0.717) is 0 Å². The predicted octanol–water partition coefficient (Wildman–Crippen LogP) is 3.29. The Morgan fingerprint density at radius 3 is 2.56 bits per heavy atom. The van der Waals surface area contributed by atoms with Crippen LogP contribution in [0.1, 0.15) is 12.5 Å². The number of hydrogen-bond acceptors (Lipinski definition) is 3. The van der Waals surface area contributed by atoms with Crippen molar-refractivity contribution in [1.82, 2.24) is 4.98 Å². The van der Waals surface area contributed by atoms with Crippen LogP contribution in [0.25, 0.3) is 0 Å². The van der Waals surface area contributed by atoms with E-state index >= 15 is 0 Å². The number of aromatic nitrogens is 1. The van der Waals surface area contributed by atoms with Crippen molar-refractivity contribution < 1.29 is 0 Å². The Hall–Kier alpha value is -1.30. The number of halogens is 1. The van der Waals surface area contributed by atoms with E-state index in [-0.39, 0.29) is 0 Å². The van der Waals surface area contributed by atoms with E-state index in [2.05, 4.69) is 45.5 Å². The van der Waals surface area contributed by atoms with Gasteiger partial charge in [0.05, 0.1) is 5.69 Å². The molecule has 4 heteroatoms. The number of benzene rings is 1. The molecular weight excluding hydrogens is 337 g/mol. The summed E-state index contributed by atoms with van der Waals surface area (Å²) < 4.78 is 1.18. The minimum Gasteiger partial charge on any atom is -0.399 e. The second-order valence-corrected chi connectivity index (χ2v) is 5.24. The standard InChI is InChI=1S/C14H16IN3/c1-2-18(10-11-5-7-17-8-6-11)14-4-3-12(16)9-13(14)15/h3-9H,2,10,16H2,1H3. The second kappa shape index (κ2) is 6.04. The van der Waals surface area contributed by atoms with Crippen molar-refractivity contribution in [2.45, 2.75) is 13.5 Å². The fraction of sp³-hybridized carbons (Fsp3) is 0.214. The monoisotopic (exact) mass is 353 g/mol. The Kier molecular flexibility index (Phi) is 4.41. The van der Waals surface area contributed by atoms with E-state index in [9.17, 15) is 0 Å². The van der Waals surface area contributed by atoms with Crippen LogP contribution in [-0.4, -0.2) is 11.5 Å². The summed E-state index contributed by atoms with van der Waals surface area (Å²) >= 11 is 2.33. The summed E-state index contributed by atoms with van der Waals surface area (Å²) in [5, 5.41) is 0. The molecular formula is C14H16IN3. The molecule has 2 aromatic rings. The number of nitrogen functional groups attached to an aromatic ring is 1. The van der Waals surface area contributed by atoms with Gasteiger partial charge < -0.3 is 10.6 Å². The maximum absolute atomic E-state index is 5.79. The molecule has 0 aliphatic carbocycles. The minimum atomic E-state index is 0.808.